The van der Waals surface area contributed by atoms with E-state index in [0.29, 0.717) is 11.0 Å². The number of nitrogen functional groups attached to an aromatic ring is 1. The molecule has 0 amide bonds. The number of aromatic hydroxyl groups is 1. The van der Waals surface area contributed by atoms with Crippen molar-refractivity contribution in [2.24, 2.45) is 0 Å². The van der Waals surface area contributed by atoms with Gasteiger partial charge in [-0.25, -0.2) is 4.98 Å². The quantitative estimate of drug-likeness (QED) is 0.511. The van der Waals surface area contributed by atoms with E-state index in [1.807, 2.05) is 24.3 Å². The minimum Gasteiger partial charge on any atom is -0.492 e. The topological polar surface area (TPSA) is 87.8 Å². The van der Waals surface area contributed by atoms with E-state index < -0.39 is 0 Å². The molecule has 0 aliphatic carbocycles. The molecule has 0 bridgehead atoms. The first-order chi connectivity index (χ1) is 7.25. The van der Waals surface area contributed by atoms with Gasteiger partial charge in [-0.15, -0.1) is 0 Å². The standard InChI is InChI=1S/C10H8N4O/c11-10-13-7-5-3-1-2-4-6(5)12-8(7)9(15)14-10/h1-4,12H,(H3,11,13,14,15). The highest BCUT2D eigenvalue weighted by Crippen LogP contribution is 2.28. The van der Waals surface area contributed by atoms with E-state index in [-0.39, 0.29) is 11.8 Å². The molecule has 2 aromatic heterocycles. The number of nitrogens with one attached hydrogen (secondary N) is 1. The number of fused-ring (bicyclic) bond motifs is 3. The normalized spacial score (nSPS) is 11.2. The summed E-state index contributed by atoms with van der Waals surface area (Å²) in [6, 6.07) is 7.64. The lowest BCUT2D eigenvalue weighted by Gasteiger charge is -1.95. The van der Waals surface area contributed by atoms with Crippen molar-refractivity contribution < 1.29 is 5.11 Å². The Bertz CT molecular complexity index is 659. The summed E-state index contributed by atoms with van der Waals surface area (Å²) in [4.78, 5) is 10.8. The Morgan fingerprint density at radius 1 is 1.20 bits per heavy atom. The van der Waals surface area contributed by atoms with E-state index in [1.165, 1.54) is 0 Å². The van der Waals surface area contributed by atoms with Crippen LogP contribution in [0.3, 0.4) is 0 Å². The van der Waals surface area contributed by atoms with E-state index in [2.05, 4.69) is 15.0 Å². The van der Waals surface area contributed by atoms with Crippen LogP contribution in [0.2, 0.25) is 0 Å². The third kappa shape index (κ3) is 1.03. The smallest absolute Gasteiger partial charge is 0.240 e. The molecule has 5 nitrogen and oxygen atoms in total. The van der Waals surface area contributed by atoms with Crippen LogP contribution in [-0.4, -0.2) is 20.1 Å². The van der Waals surface area contributed by atoms with E-state index in [1.54, 1.807) is 0 Å². The zero-order valence-corrected chi connectivity index (χ0v) is 7.73. The molecule has 0 aliphatic rings. The predicted molar refractivity (Wildman–Crippen MR) is 57.5 cm³/mol. The van der Waals surface area contributed by atoms with Crippen LogP contribution in [0.25, 0.3) is 21.9 Å². The fourth-order valence-corrected chi connectivity index (χ4v) is 1.71. The summed E-state index contributed by atoms with van der Waals surface area (Å²) in [6.45, 7) is 0. The van der Waals surface area contributed by atoms with Crippen molar-refractivity contribution in [2.75, 3.05) is 5.73 Å². The SMILES string of the molecule is Nc1nc(O)c2[nH]c3ccccc3c2n1. The summed E-state index contributed by atoms with van der Waals surface area (Å²) >= 11 is 0. The van der Waals surface area contributed by atoms with Crippen molar-refractivity contribution in [3.8, 4) is 5.88 Å². The highest BCUT2D eigenvalue weighted by Gasteiger charge is 2.10. The first-order valence-electron chi connectivity index (χ1n) is 4.48. The zero-order chi connectivity index (χ0) is 10.4. The van der Waals surface area contributed by atoms with Gasteiger partial charge in [-0.3, -0.25) is 0 Å². The monoisotopic (exact) mass is 200 g/mol. The average Bonchev–Trinajstić information content (AvgIpc) is 2.57. The van der Waals surface area contributed by atoms with Gasteiger partial charge in [-0.1, -0.05) is 18.2 Å². The van der Waals surface area contributed by atoms with Gasteiger partial charge in [0, 0.05) is 10.9 Å². The molecule has 0 atom stereocenters. The van der Waals surface area contributed by atoms with E-state index in [0.717, 1.165) is 10.9 Å². The second-order valence-electron chi connectivity index (χ2n) is 3.30. The van der Waals surface area contributed by atoms with Crippen LogP contribution >= 0.6 is 0 Å². The van der Waals surface area contributed by atoms with Gasteiger partial charge in [0.15, 0.2) is 0 Å². The van der Waals surface area contributed by atoms with Gasteiger partial charge >= 0.3 is 0 Å². The number of rotatable bonds is 0. The molecule has 74 valence electrons. The lowest BCUT2D eigenvalue weighted by molar-refractivity contribution is 0.459. The van der Waals surface area contributed by atoms with Crippen LogP contribution < -0.4 is 5.73 Å². The number of nitrogens with two attached hydrogens (primary N) is 1. The molecule has 0 saturated heterocycles. The molecule has 0 saturated carbocycles. The summed E-state index contributed by atoms with van der Waals surface area (Å²) in [5.74, 6) is -0.0431. The fourth-order valence-electron chi connectivity index (χ4n) is 1.71. The molecule has 3 aromatic rings. The lowest BCUT2D eigenvalue weighted by Crippen LogP contribution is -1.93. The number of benzene rings is 1. The third-order valence-corrected chi connectivity index (χ3v) is 2.35. The van der Waals surface area contributed by atoms with Gasteiger partial charge in [0.25, 0.3) is 0 Å². The second kappa shape index (κ2) is 2.60. The van der Waals surface area contributed by atoms with Gasteiger partial charge in [-0.05, 0) is 6.07 Å². The number of hydrogen-bond acceptors (Lipinski definition) is 4. The minimum absolute atomic E-state index is 0.0738. The molecule has 5 heteroatoms. The summed E-state index contributed by atoms with van der Waals surface area (Å²) in [7, 11) is 0. The highest BCUT2D eigenvalue weighted by atomic mass is 16.3. The van der Waals surface area contributed by atoms with E-state index in [9.17, 15) is 5.11 Å². The number of aromatic nitrogens is 3. The van der Waals surface area contributed by atoms with Gasteiger partial charge in [0.2, 0.25) is 11.8 Å². The first kappa shape index (κ1) is 8.05. The summed E-state index contributed by atoms with van der Waals surface area (Å²) < 4.78 is 0. The Morgan fingerprint density at radius 3 is 2.87 bits per heavy atom. The number of H-pyrrole nitrogens is 1. The van der Waals surface area contributed by atoms with Crippen LogP contribution in [0.1, 0.15) is 0 Å². The molecule has 0 unspecified atom stereocenters. The molecule has 3 rings (SSSR count). The van der Waals surface area contributed by atoms with Gasteiger partial charge in [-0.2, -0.15) is 4.98 Å². The molecular weight excluding hydrogens is 192 g/mol. The number of nitrogens with zero attached hydrogens (tertiary/aromatic N) is 2. The first-order valence-corrected chi connectivity index (χ1v) is 4.48. The molecule has 4 N–H and O–H groups in total. The fraction of sp³-hybridized carbons (Fsp3) is 0. The summed E-state index contributed by atoms with van der Waals surface area (Å²) in [6.07, 6.45) is 0. The summed E-state index contributed by atoms with van der Waals surface area (Å²) in [5, 5.41) is 10.5. The Morgan fingerprint density at radius 2 is 2.00 bits per heavy atom. The second-order valence-corrected chi connectivity index (χ2v) is 3.30. The predicted octanol–water partition coefficient (Wildman–Crippen LogP) is 1.40. The Balaban J connectivity index is 2.61. The average molecular weight is 200 g/mol. The molecule has 15 heavy (non-hydrogen) atoms. The number of anilines is 1. The maximum atomic E-state index is 9.59. The van der Waals surface area contributed by atoms with Crippen LogP contribution in [0, 0.1) is 0 Å². The van der Waals surface area contributed by atoms with Crippen molar-refractivity contribution in [1.82, 2.24) is 15.0 Å². The molecule has 0 radical (unpaired) electrons. The highest BCUT2D eigenvalue weighted by molar-refractivity contribution is 6.06. The third-order valence-electron chi connectivity index (χ3n) is 2.35. The van der Waals surface area contributed by atoms with Crippen molar-refractivity contribution in [3.63, 3.8) is 0 Å². The van der Waals surface area contributed by atoms with Gasteiger partial charge < -0.3 is 15.8 Å². The molecule has 0 spiro atoms. The minimum atomic E-state index is -0.117. The maximum absolute atomic E-state index is 9.59. The van der Waals surface area contributed by atoms with Crippen molar-refractivity contribution in [3.05, 3.63) is 24.3 Å². The van der Waals surface area contributed by atoms with E-state index >= 15 is 0 Å². The molecular formula is C10H8N4O. The van der Waals surface area contributed by atoms with Crippen molar-refractivity contribution in [1.29, 1.82) is 0 Å². The zero-order valence-electron chi connectivity index (χ0n) is 7.73. The molecule has 0 fully saturated rings. The van der Waals surface area contributed by atoms with Gasteiger partial charge in [0.1, 0.15) is 11.0 Å². The number of para-hydroxylation sites is 1. The number of aromatic amines is 1. The van der Waals surface area contributed by atoms with Crippen LogP contribution in [-0.2, 0) is 0 Å². The van der Waals surface area contributed by atoms with E-state index in [4.69, 9.17) is 5.73 Å². The van der Waals surface area contributed by atoms with Crippen molar-refractivity contribution in [2.45, 2.75) is 0 Å². The molecule has 2 heterocycles. The summed E-state index contributed by atoms with van der Waals surface area (Å²) in [5.41, 5.74) is 7.55. The number of hydrogen-bond donors (Lipinski definition) is 3. The molecule has 0 aliphatic heterocycles. The van der Waals surface area contributed by atoms with Crippen LogP contribution in [0.4, 0.5) is 5.95 Å². The maximum Gasteiger partial charge on any atom is 0.240 e. The van der Waals surface area contributed by atoms with Gasteiger partial charge in [0.05, 0.1) is 0 Å². The van der Waals surface area contributed by atoms with Crippen LogP contribution in [0.15, 0.2) is 24.3 Å². The Labute approximate surface area is 84.6 Å². The lowest BCUT2D eigenvalue weighted by atomic mass is 10.2. The Hall–Kier alpha value is -2.30. The Kier molecular flexibility index (Phi) is 1.39. The molecule has 1 aromatic carbocycles. The largest absolute Gasteiger partial charge is 0.492 e. The van der Waals surface area contributed by atoms with Crippen molar-refractivity contribution >= 4 is 27.9 Å². The van der Waals surface area contributed by atoms with Crippen LogP contribution in [0.5, 0.6) is 5.88 Å².